The maximum Gasteiger partial charge on any atom is 0.355 e. The molecule has 1 saturated carbocycles. The normalized spacial score (nSPS) is 16.2. The minimum absolute atomic E-state index is 0.00766. The number of thiazole rings is 1. The van der Waals surface area contributed by atoms with E-state index >= 15 is 0 Å². The minimum Gasteiger partial charge on any atom is -0.476 e. The number of nitrogens with one attached hydrogen (secondary N) is 1. The molecule has 1 aromatic heterocycles. The van der Waals surface area contributed by atoms with Crippen molar-refractivity contribution in [2.45, 2.75) is 37.6 Å². The molecule has 1 heterocycles. The van der Waals surface area contributed by atoms with Crippen molar-refractivity contribution in [1.82, 2.24) is 10.3 Å². The number of amides is 1. The van der Waals surface area contributed by atoms with E-state index in [9.17, 15) is 9.59 Å². The molecule has 2 aromatic rings. The minimum atomic E-state index is -1.05. The highest BCUT2D eigenvalue weighted by Crippen LogP contribution is 2.41. The van der Waals surface area contributed by atoms with Crippen molar-refractivity contribution >= 4 is 23.2 Å². The zero-order valence-corrected chi connectivity index (χ0v) is 13.4. The Morgan fingerprint density at radius 1 is 1.22 bits per heavy atom. The summed E-state index contributed by atoms with van der Waals surface area (Å²) in [4.78, 5) is 27.7. The second-order valence-electron chi connectivity index (χ2n) is 5.77. The zero-order valence-electron chi connectivity index (χ0n) is 12.6. The average Bonchev–Trinajstić information content (AvgIpc) is 3.23. The Balaban J connectivity index is 1.73. The van der Waals surface area contributed by atoms with Crippen LogP contribution in [0.15, 0.2) is 35.7 Å². The SMILES string of the molecule is O=C(O)c1csc(CNC(=O)C2(c3ccccc3)CCCC2)n1. The lowest BCUT2D eigenvalue weighted by Crippen LogP contribution is -2.42. The highest BCUT2D eigenvalue weighted by atomic mass is 32.1. The summed E-state index contributed by atoms with van der Waals surface area (Å²) in [5, 5.41) is 13.9. The number of carbonyl (C=O) groups excluding carboxylic acids is 1. The van der Waals surface area contributed by atoms with Gasteiger partial charge in [0, 0.05) is 5.38 Å². The first-order valence-corrected chi connectivity index (χ1v) is 8.51. The Labute approximate surface area is 138 Å². The van der Waals surface area contributed by atoms with Gasteiger partial charge in [0.25, 0.3) is 0 Å². The number of carbonyl (C=O) groups is 2. The summed E-state index contributed by atoms with van der Waals surface area (Å²) in [6.07, 6.45) is 3.79. The second-order valence-corrected chi connectivity index (χ2v) is 6.71. The molecular weight excluding hydrogens is 312 g/mol. The van der Waals surface area contributed by atoms with Crippen LogP contribution >= 0.6 is 11.3 Å². The Morgan fingerprint density at radius 3 is 2.52 bits per heavy atom. The number of rotatable bonds is 5. The molecule has 1 aliphatic rings. The predicted octanol–water partition coefficient (Wildman–Crippen LogP) is 2.97. The van der Waals surface area contributed by atoms with Crippen molar-refractivity contribution in [3.8, 4) is 0 Å². The molecule has 1 aromatic carbocycles. The number of nitrogens with zero attached hydrogens (tertiary/aromatic N) is 1. The first-order chi connectivity index (χ1) is 11.1. The van der Waals surface area contributed by atoms with Crippen LogP contribution in [0.1, 0.15) is 46.7 Å². The number of aromatic nitrogens is 1. The molecular formula is C17H18N2O3S. The molecule has 0 aliphatic heterocycles. The lowest BCUT2D eigenvalue weighted by atomic mass is 9.78. The second kappa shape index (κ2) is 6.50. The molecule has 0 spiro atoms. The van der Waals surface area contributed by atoms with Gasteiger partial charge in [-0.25, -0.2) is 9.78 Å². The molecule has 5 nitrogen and oxygen atoms in total. The van der Waals surface area contributed by atoms with Crippen molar-refractivity contribution in [2.24, 2.45) is 0 Å². The smallest absolute Gasteiger partial charge is 0.355 e. The molecule has 0 radical (unpaired) electrons. The molecule has 1 amide bonds. The Bertz CT molecular complexity index is 706. The van der Waals surface area contributed by atoms with Gasteiger partial charge in [-0.3, -0.25) is 4.79 Å². The summed E-state index contributed by atoms with van der Waals surface area (Å²) in [6, 6.07) is 9.89. The molecule has 0 bridgehead atoms. The number of hydrogen-bond donors (Lipinski definition) is 2. The first-order valence-electron chi connectivity index (χ1n) is 7.63. The van der Waals surface area contributed by atoms with E-state index in [2.05, 4.69) is 10.3 Å². The first kappa shape index (κ1) is 15.7. The Kier molecular flexibility index (Phi) is 4.43. The van der Waals surface area contributed by atoms with Crippen molar-refractivity contribution < 1.29 is 14.7 Å². The largest absolute Gasteiger partial charge is 0.476 e. The highest BCUT2D eigenvalue weighted by Gasteiger charge is 2.42. The number of aromatic carboxylic acids is 1. The van der Waals surface area contributed by atoms with Gasteiger partial charge in [0.1, 0.15) is 5.01 Å². The van der Waals surface area contributed by atoms with Crippen LogP contribution in [-0.2, 0) is 16.8 Å². The molecule has 1 aliphatic carbocycles. The van der Waals surface area contributed by atoms with Crippen LogP contribution in [0.5, 0.6) is 0 Å². The molecule has 23 heavy (non-hydrogen) atoms. The third-order valence-electron chi connectivity index (χ3n) is 4.39. The standard InChI is InChI=1S/C17H18N2O3S/c20-15(21)13-11-23-14(19-13)10-18-16(22)17(8-4-5-9-17)12-6-2-1-3-7-12/h1-3,6-7,11H,4-5,8-10H2,(H,18,22)(H,20,21). The molecule has 6 heteroatoms. The number of carboxylic acid groups (broad SMARTS) is 1. The number of hydrogen-bond acceptors (Lipinski definition) is 4. The van der Waals surface area contributed by atoms with E-state index in [4.69, 9.17) is 5.11 Å². The fourth-order valence-electron chi connectivity index (χ4n) is 3.20. The maximum absolute atomic E-state index is 12.8. The van der Waals surface area contributed by atoms with E-state index in [1.54, 1.807) is 0 Å². The van der Waals surface area contributed by atoms with Gasteiger partial charge < -0.3 is 10.4 Å². The fourth-order valence-corrected chi connectivity index (χ4v) is 3.91. The summed E-state index contributed by atoms with van der Waals surface area (Å²) < 4.78 is 0. The van der Waals surface area contributed by atoms with Crippen molar-refractivity contribution in [3.63, 3.8) is 0 Å². The van der Waals surface area contributed by atoms with Gasteiger partial charge in [-0.1, -0.05) is 43.2 Å². The van der Waals surface area contributed by atoms with E-state index in [1.165, 1.54) is 16.7 Å². The van der Waals surface area contributed by atoms with Crippen LogP contribution in [0.4, 0.5) is 0 Å². The van der Waals surface area contributed by atoms with Crippen LogP contribution in [-0.4, -0.2) is 22.0 Å². The summed E-state index contributed by atoms with van der Waals surface area (Å²) in [5.74, 6) is -1.04. The van der Waals surface area contributed by atoms with E-state index < -0.39 is 11.4 Å². The maximum atomic E-state index is 12.8. The number of carboxylic acids is 1. The van der Waals surface area contributed by atoms with Crippen LogP contribution in [0.2, 0.25) is 0 Å². The quantitative estimate of drug-likeness (QED) is 0.883. The van der Waals surface area contributed by atoms with Gasteiger partial charge >= 0.3 is 5.97 Å². The van der Waals surface area contributed by atoms with Gasteiger partial charge in [0.15, 0.2) is 5.69 Å². The predicted molar refractivity (Wildman–Crippen MR) is 87.5 cm³/mol. The van der Waals surface area contributed by atoms with E-state index in [-0.39, 0.29) is 18.1 Å². The van der Waals surface area contributed by atoms with Gasteiger partial charge in [0.05, 0.1) is 12.0 Å². The van der Waals surface area contributed by atoms with E-state index in [1.807, 2.05) is 30.3 Å². The topological polar surface area (TPSA) is 79.3 Å². The molecule has 0 saturated heterocycles. The third-order valence-corrected chi connectivity index (χ3v) is 5.24. The summed E-state index contributed by atoms with van der Waals surface area (Å²) in [7, 11) is 0. The summed E-state index contributed by atoms with van der Waals surface area (Å²) >= 11 is 1.25. The van der Waals surface area contributed by atoms with Crippen molar-refractivity contribution in [3.05, 3.63) is 52.0 Å². The lowest BCUT2D eigenvalue weighted by molar-refractivity contribution is -0.126. The van der Waals surface area contributed by atoms with Gasteiger partial charge in [-0.05, 0) is 18.4 Å². The number of benzene rings is 1. The highest BCUT2D eigenvalue weighted by molar-refractivity contribution is 7.09. The molecule has 0 unspecified atom stereocenters. The van der Waals surface area contributed by atoms with Crippen LogP contribution in [0.25, 0.3) is 0 Å². The van der Waals surface area contributed by atoms with E-state index in [0.717, 1.165) is 31.2 Å². The average molecular weight is 330 g/mol. The third kappa shape index (κ3) is 3.12. The Morgan fingerprint density at radius 2 is 1.91 bits per heavy atom. The van der Waals surface area contributed by atoms with Crippen molar-refractivity contribution in [1.29, 1.82) is 0 Å². The zero-order chi connectivity index (χ0) is 16.3. The fraction of sp³-hybridized carbons (Fsp3) is 0.353. The molecule has 3 rings (SSSR count). The van der Waals surface area contributed by atoms with Crippen LogP contribution in [0, 0.1) is 0 Å². The molecule has 0 atom stereocenters. The Hall–Kier alpha value is -2.21. The summed E-state index contributed by atoms with van der Waals surface area (Å²) in [6.45, 7) is 0.269. The monoisotopic (exact) mass is 330 g/mol. The van der Waals surface area contributed by atoms with Gasteiger partial charge in [-0.2, -0.15) is 0 Å². The van der Waals surface area contributed by atoms with E-state index in [0.29, 0.717) is 5.01 Å². The molecule has 1 fully saturated rings. The summed E-state index contributed by atoms with van der Waals surface area (Å²) in [5.41, 5.74) is 0.618. The van der Waals surface area contributed by atoms with Gasteiger partial charge in [0.2, 0.25) is 5.91 Å². The van der Waals surface area contributed by atoms with Crippen LogP contribution < -0.4 is 5.32 Å². The van der Waals surface area contributed by atoms with Gasteiger partial charge in [-0.15, -0.1) is 11.3 Å². The molecule has 120 valence electrons. The molecule has 2 N–H and O–H groups in total. The lowest BCUT2D eigenvalue weighted by Gasteiger charge is -2.28. The van der Waals surface area contributed by atoms with Crippen molar-refractivity contribution in [2.75, 3.05) is 0 Å². The van der Waals surface area contributed by atoms with Crippen LogP contribution in [0.3, 0.4) is 0 Å².